The lowest BCUT2D eigenvalue weighted by Gasteiger charge is -2.29. The average molecular weight is 352 g/mol. The molecule has 0 amide bonds. The Balaban J connectivity index is 2.91. The SMILES string of the molecule is CCO[Si](OCC)(OCC)O[C@H](C)c1ccc(C(F)(F)F)cc1. The molecule has 0 bridgehead atoms. The van der Waals surface area contributed by atoms with Crippen molar-refractivity contribution in [2.24, 2.45) is 0 Å². The van der Waals surface area contributed by atoms with Crippen molar-refractivity contribution in [3.05, 3.63) is 35.4 Å². The molecule has 0 radical (unpaired) electrons. The normalized spacial score (nSPS) is 14.0. The smallest absolute Gasteiger partial charge is 0.351 e. The van der Waals surface area contributed by atoms with E-state index in [2.05, 4.69) is 0 Å². The van der Waals surface area contributed by atoms with Crippen LogP contribution >= 0.6 is 0 Å². The third kappa shape index (κ3) is 5.89. The minimum atomic E-state index is -4.36. The number of alkyl halides is 3. The van der Waals surface area contributed by atoms with Gasteiger partial charge in [0.1, 0.15) is 0 Å². The van der Waals surface area contributed by atoms with Crippen LogP contribution in [0.3, 0.4) is 0 Å². The Morgan fingerprint density at radius 1 is 0.913 bits per heavy atom. The zero-order valence-electron chi connectivity index (χ0n) is 13.8. The molecule has 0 N–H and O–H groups in total. The maximum absolute atomic E-state index is 12.6. The van der Waals surface area contributed by atoms with Gasteiger partial charge in [-0.05, 0) is 45.4 Å². The number of hydrogen-bond donors (Lipinski definition) is 0. The van der Waals surface area contributed by atoms with Gasteiger partial charge in [-0.25, -0.2) is 0 Å². The van der Waals surface area contributed by atoms with E-state index in [4.69, 9.17) is 17.7 Å². The minimum Gasteiger partial charge on any atom is -0.351 e. The fourth-order valence-electron chi connectivity index (χ4n) is 1.99. The molecule has 1 aromatic carbocycles. The Morgan fingerprint density at radius 2 is 1.35 bits per heavy atom. The van der Waals surface area contributed by atoms with E-state index in [9.17, 15) is 13.2 Å². The van der Waals surface area contributed by atoms with E-state index in [1.54, 1.807) is 27.7 Å². The van der Waals surface area contributed by atoms with Crippen molar-refractivity contribution in [1.29, 1.82) is 0 Å². The van der Waals surface area contributed by atoms with Crippen molar-refractivity contribution >= 4 is 9.05 Å². The van der Waals surface area contributed by atoms with Crippen LogP contribution in [0.5, 0.6) is 0 Å². The van der Waals surface area contributed by atoms with Crippen LogP contribution in [-0.2, 0) is 23.9 Å². The third-order valence-corrected chi connectivity index (χ3v) is 5.56. The van der Waals surface area contributed by atoms with Gasteiger partial charge in [0.15, 0.2) is 0 Å². The molecule has 0 fully saturated rings. The summed E-state index contributed by atoms with van der Waals surface area (Å²) in [7, 11) is -3.31. The fraction of sp³-hybridized carbons (Fsp3) is 0.600. The van der Waals surface area contributed by atoms with E-state index in [0.717, 1.165) is 12.1 Å². The lowest BCUT2D eigenvalue weighted by molar-refractivity contribution is -0.137. The molecule has 23 heavy (non-hydrogen) atoms. The van der Waals surface area contributed by atoms with E-state index in [0.29, 0.717) is 25.4 Å². The molecule has 1 rings (SSSR count). The first-order chi connectivity index (χ1) is 10.8. The Bertz CT molecular complexity index is 448. The molecular formula is C15H23F3O4Si. The predicted molar refractivity (Wildman–Crippen MR) is 81.6 cm³/mol. The number of benzene rings is 1. The molecule has 1 atom stereocenters. The zero-order valence-corrected chi connectivity index (χ0v) is 14.8. The van der Waals surface area contributed by atoms with Crippen LogP contribution in [0.15, 0.2) is 24.3 Å². The summed E-state index contributed by atoms with van der Waals surface area (Å²) in [6, 6.07) is 4.83. The summed E-state index contributed by atoms with van der Waals surface area (Å²) in [5, 5.41) is 0. The zero-order chi connectivity index (χ0) is 17.5. The lowest BCUT2D eigenvalue weighted by Crippen LogP contribution is -2.49. The van der Waals surface area contributed by atoms with Gasteiger partial charge in [-0.2, -0.15) is 13.2 Å². The highest BCUT2D eigenvalue weighted by Crippen LogP contribution is 2.31. The molecule has 4 nitrogen and oxygen atoms in total. The highest BCUT2D eigenvalue weighted by molar-refractivity contribution is 6.53. The summed E-state index contributed by atoms with van der Waals surface area (Å²) in [6.07, 6.45) is -4.88. The number of halogens is 3. The fourth-order valence-corrected chi connectivity index (χ4v) is 4.07. The molecule has 0 unspecified atom stereocenters. The minimum absolute atomic E-state index is 0.353. The van der Waals surface area contributed by atoms with E-state index in [1.807, 2.05) is 0 Å². The van der Waals surface area contributed by atoms with Crippen molar-refractivity contribution in [2.45, 2.75) is 40.0 Å². The van der Waals surface area contributed by atoms with E-state index >= 15 is 0 Å². The van der Waals surface area contributed by atoms with E-state index < -0.39 is 26.9 Å². The first kappa shape index (κ1) is 20.1. The largest absolute Gasteiger partial charge is 0.680 e. The van der Waals surface area contributed by atoms with Gasteiger partial charge in [-0.15, -0.1) is 0 Å². The topological polar surface area (TPSA) is 36.9 Å². The third-order valence-electron chi connectivity index (χ3n) is 2.99. The first-order valence-corrected chi connectivity index (χ1v) is 9.18. The monoisotopic (exact) mass is 352 g/mol. The average Bonchev–Trinajstić information content (AvgIpc) is 2.47. The molecule has 0 heterocycles. The highest BCUT2D eigenvalue weighted by atomic mass is 28.4. The Hall–Kier alpha value is -0.933. The summed E-state index contributed by atoms with van der Waals surface area (Å²) in [5.74, 6) is 0. The standard InChI is InChI=1S/C15H23F3O4Si/c1-5-19-23(20-6-2,21-7-3)22-12(4)13-8-10-14(11-9-13)15(16,17)18/h8-12H,5-7H2,1-4H3/t12-/m1/s1. The lowest BCUT2D eigenvalue weighted by atomic mass is 10.1. The quantitative estimate of drug-likeness (QED) is 0.620. The maximum atomic E-state index is 12.6. The Morgan fingerprint density at radius 3 is 1.70 bits per heavy atom. The van der Waals surface area contributed by atoms with Gasteiger partial charge in [0.2, 0.25) is 0 Å². The van der Waals surface area contributed by atoms with Crippen LogP contribution in [0.2, 0.25) is 0 Å². The van der Waals surface area contributed by atoms with Crippen molar-refractivity contribution in [1.82, 2.24) is 0 Å². The van der Waals surface area contributed by atoms with Crippen molar-refractivity contribution < 1.29 is 30.9 Å². The van der Waals surface area contributed by atoms with Crippen LogP contribution in [0.1, 0.15) is 44.9 Å². The molecule has 0 aromatic heterocycles. The van der Waals surface area contributed by atoms with Crippen LogP contribution in [0.4, 0.5) is 13.2 Å². The number of rotatable bonds is 9. The molecular weight excluding hydrogens is 329 g/mol. The summed E-state index contributed by atoms with van der Waals surface area (Å²) in [5.41, 5.74) is -0.106. The van der Waals surface area contributed by atoms with Crippen molar-refractivity contribution in [3.63, 3.8) is 0 Å². The summed E-state index contributed by atoms with van der Waals surface area (Å²) >= 11 is 0. The van der Waals surface area contributed by atoms with Crippen LogP contribution < -0.4 is 0 Å². The molecule has 0 aliphatic rings. The summed E-state index contributed by atoms with van der Waals surface area (Å²) in [6.45, 7) is 8.18. The molecule has 0 saturated carbocycles. The molecule has 0 saturated heterocycles. The second-order valence-corrected chi connectivity index (χ2v) is 6.78. The second kappa shape index (κ2) is 8.79. The van der Waals surface area contributed by atoms with Gasteiger partial charge in [0, 0.05) is 19.8 Å². The maximum Gasteiger partial charge on any atom is 0.680 e. The van der Waals surface area contributed by atoms with Gasteiger partial charge in [-0.1, -0.05) is 12.1 Å². The Labute approximate surface area is 136 Å². The predicted octanol–water partition coefficient (Wildman–Crippen LogP) is 4.33. The van der Waals surface area contributed by atoms with Crippen LogP contribution in [-0.4, -0.2) is 28.9 Å². The second-order valence-electron chi connectivity index (χ2n) is 4.68. The number of hydrogen-bond acceptors (Lipinski definition) is 4. The first-order valence-electron chi connectivity index (χ1n) is 7.54. The molecule has 0 spiro atoms. The van der Waals surface area contributed by atoms with E-state index in [-0.39, 0.29) is 0 Å². The van der Waals surface area contributed by atoms with E-state index in [1.165, 1.54) is 12.1 Å². The Kier molecular flexibility index (Phi) is 7.69. The van der Waals surface area contributed by atoms with Gasteiger partial charge in [0.05, 0.1) is 11.7 Å². The molecule has 8 heteroatoms. The summed E-state index contributed by atoms with van der Waals surface area (Å²) < 4.78 is 60.4. The molecule has 1 aromatic rings. The molecule has 0 aliphatic heterocycles. The molecule has 0 aliphatic carbocycles. The van der Waals surface area contributed by atoms with Crippen molar-refractivity contribution in [2.75, 3.05) is 19.8 Å². The van der Waals surface area contributed by atoms with Crippen molar-refractivity contribution in [3.8, 4) is 0 Å². The van der Waals surface area contributed by atoms with Gasteiger partial charge in [0.25, 0.3) is 0 Å². The summed E-state index contributed by atoms with van der Waals surface area (Å²) in [4.78, 5) is 0. The molecule has 132 valence electrons. The van der Waals surface area contributed by atoms with Crippen LogP contribution in [0.25, 0.3) is 0 Å². The van der Waals surface area contributed by atoms with Gasteiger partial charge >= 0.3 is 15.2 Å². The van der Waals surface area contributed by atoms with Crippen LogP contribution in [0, 0.1) is 0 Å². The highest BCUT2D eigenvalue weighted by Gasteiger charge is 2.46. The van der Waals surface area contributed by atoms with Gasteiger partial charge < -0.3 is 17.7 Å². The van der Waals surface area contributed by atoms with Gasteiger partial charge in [-0.3, -0.25) is 0 Å².